The lowest BCUT2D eigenvalue weighted by Gasteiger charge is -2.10. The van der Waals surface area contributed by atoms with E-state index in [1.54, 1.807) is 14.0 Å². The van der Waals surface area contributed by atoms with Gasteiger partial charge in [-0.15, -0.1) is 0 Å². The van der Waals surface area contributed by atoms with E-state index in [-0.39, 0.29) is 18.1 Å². The van der Waals surface area contributed by atoms with E-state index in [0.29, 0.717) is 31.1 Å². The van der Waals surface area contributed by atoms with Gasteiger partial charge in [0.15, 0.2) is 5.82 Å². The van der Waals surface area contributed by atoms with Gasteiger partial charge in [0.25, 0.3) is 0 Å². The van der Waals surface area contributed by atoms with Gasteiger partial charge in [-0.3, -0.25) is 4.79 Å². The fourth-order valence-corrected chi connectivity index (χ4v) is 1.95. The molecule has 2 atom stereocenters. The van der Waals surface area contributed by atoms with Crippen LogP contribution in [-0.4, -0.2) is 48.4 Å². The first kappa shape index (κ1) is 13.0. The van der Waals surface area contributed by atoms with E-state index in [1.807, 2.05) is 0 Å². The Balaban J connectivity index is 1.69. The summed E-state index contributed by atoms with van der Waals surface area (Å²) < 4.78 is 10.0. The van der Waals surface area contributed by atoms with Crippen molar-refractivity contribution in [3.05, 3.63) is 11.7 Å². The first-order chi connectivity index (χ1) is 8.69. The predicted octanol–water partition coefficient (Wildman–Crippen LogP) is -0.586. The number of carbonyl (C=O) groups is 1. The van der Waals surface area contributed by atoms with Gasteiger partial charge in [-0.25, -0.2) is 0 Å². The summed E-state index contributed by atoms with van der Waals surface area (Å²) in [6.45, 7) is 2.97. The summed E-state index contributed by atoms with van der Waals surface area (Å²) in [7, 11) is 1.66. The highest BCUT2D eigenvalue weighted by Gasteiger charge is 2.28. The van der Waals surface area contributed by atoms with Crippen molar-refractivity contribution in [1.29, 1.82) is 0 Å². The van der Waals surface area contributed by atoms with Crippen molar-refractivity contribution in [2.75, 3.05) is 20.2 Å². The Bertz CT molecular complexity index is 407. The average Bonchev–Trinajstić information content (AvgIpc) is 2.98. The SMILES string of the molecule is COC1CNC(C(=O)NCCc2noc(C)n2)C1. The van der Waals surface area contributed by atoms with Crippen LogP contribution in [0.15, 0.2) is 4.52 Å². The Morgan fingerprint density at radius 3 is 3.11 bits per heavy atom. The number of hydrogen-bond acceptors (Lipinski definition) is 6. The maximum Gasteiger partial charge on any atom is 0.237 e. The van der Waals surface area contributed by atoms with Crippen molar-refractivity contribution < 1.29 is 14.1 Å². The molecule has 7 heteroatoms. The van der Waals surface area contributed by atoms with Crippen LogP contribution in [-0.2, 0) is 16.0 Å². The first-order valence-electron chi connectivity index (χ1n) is 6.02. The maximum atomic E-state index is 11.8. The lowest BCUT2D eigenvalue weighted by Crippen LogP contribution is -2.41. The summed E-state index contributed by atoms with van der Waals surface area (Å²) in [5, 5.41) is 9.73. The second-order valence-corrected chi connectivity index (χ2v) is 4.32. The second-order valence-electron chi connectivity index (χ2n) is 4.32. The van der Waals surface area contributed by atoms with Crippen molar-refractivity contribution in [2.45, 2.75) is 31.9 Å². The molecule has 2 rings (SSSR count). The van der Waals surface area contributed by atoms with Crippen molar-refractivity contribution >= 4 is 5.91 Å². The number of carbonyl (C=O) groups excluding carboxylic acids is 1. The Hall–Kier alpha value is -1.47. The number of rotatable bonds is 5. The second kappa shape index (κ2) is 5.92. The number of nitrogens with zero attached hydrogens (tertiary/aromatic N) is 2. The quantitative estimate of drug-likeness (QED) is 0.730. The van der Waals surface area contributed by atoms with E-state index >= 15 is 0 Å². The molecule has 0 aromatic carbocycles. The first-order valence-corrected chi connectivity index (χ1v) is 6.02. The van der Waals surface area contributed by atoms with Crippen molar-refractivity contribution in [1.82, 2.24) is 20.8 Å². The summed E-state index contributed by atoms with van der Waals surface area (Å²) in [6.07, 6.45) is 1.41. The van der Waals surface area contributed by atoms with Crippen LogP contribution in [0.2, 0.25) is 0 Å². The molecule has 1 amide bonds. The molecule has 18 heavy (non-hydrogen) atoms. The Kier molecular flexibility index (Phi) is 4.27. The molecule has 0 bridgehead atoms. The van der Waals surface area contributed by atoms with Gasteiger partial charge in [0.05, 0.1) is 12.1 Å². The highest BCUT2D eigenvalue weighted by atomic mass is 16.5. The van der Waals surface area contributed by atoms with E-state index in [9.17, 15) is 4.79 Å². The number of nitrogens with one attached hydrogen (secondary N) is 2. The molecule has 1 aliphatic rings. The predicted molar refractivity (Wildman–Crippen MR) is 63.0 cm³/mol. The van der Waals surface area contributed by atoms with Crippen LogP contribution in [0, 0.1) is 6.92 Å². The van der Waals surface area contributed by atoms with Gasteiger partial charge in [-0.1, -0.05) is 5.16 Å². The van der Waals surface area contributed by atoms with Crippen LogP contribution in [0.5, 0.6) is 0 Å². The van der Waals surface area contributed by atoms with Crippen molar-refractivity contribution in [3.8, 4) is 0 Å². The van der Waals surface area contributed by atoms with Crippen LogP contribution < -0.4 is 10.6 Å². The van der Waals surface area contributed by atoms with Gasteiger partial charge in [-0.2, -0.15) is 4.98 Å². The minimum absolute atomic E-state index is 0.00485. The summed E-state index contributed by atoms with van der Waals surface area (Å²) in [6, 6.07) is -0.165. The smallest absolute Gasteiger partial charge is 0.237 e. The molecule has 0 saturated carbocycles. The highest BCUT2D eigenvalue weighted by Crippen LogP contribution is 2.09. The van der Waals surface area contributed by atoms with Crippen LogP contribution in [0.4, 0.5) is 0 Å². The molecular formula is C11H18N4O3. The summed E-state index contributed by atoms with van der Waals surface area (Å²) in [5.41, 5.74) is 0. The molecule has 0 radical (unpaired) electrons. The fraction of sp³-hybridized carbons (Fsp3) is 0.727. The van der Waals surface area contributed by atoms with Gasteiger partial charge in [0.2, 0.25) is 11.8 Å². The molecule has 1 saturated heterocycles. The third-order valence-corrected chi connectivity index (χ3v) is 2.96. The number of methoxy groups -OCH3 is 1. The zero-order valence-corrected chi connectivity index (χ0v) is 10.6. The molecule has 0 spiro atoms. The molecule has 1 aromatic rings. The van der Waals surface area contributed by atoms with Gasteiger partial charge in [0.1, 0.15) is 0 Å². The lowest BCUT2D eigenvalue weighted by atomic mass is 10.2. The van der Waals surface area contributed by atoms with Crippen LogP contribution in [0.3, 0.4) is 0 Å². The van der Waals surface area contributed by atoms with Gasteiger partial charge in [0, 0.05) is 33.5 Å². The lowest BCUT2D eigenvalue weighted by molar-refractivity contribution is -0.122. The molecule has 7 nitrogen and oxygen atoms in total. The Labute approximate surface area is 105 Å². The highest BCUT2D eigenvalue weighted by molar-refractivity contribution is 5.82. The molecule has 100 valence electrons. The monoisotopic (exact) mass is 254 g/mol. The number of hydrogen-bond donors (Lipinski definition) is 2. The average molecular weight is 254 g/mol. The van der Waals surface area contributed by atoms with Crippen LogP contribution >= 0.6 is 0 Å². The van der Waals surface area contributed by atoms with Crippen molar-refractivity contribution in [2.24, 2.45) is 0 Å². The largest absolute Gasteiger partial charge is 0.380 e. The van der Waals surface area contributed by atoms with Gasteiger partial charge in [-0.05, 0) is 6.42 Å². The van der Waals surface area contributed by atoms with E-state index in [4.69, 9.17) is 9.26 Å². The third-order valence-electron chi connectivity index (χ3n) is 2.96. The van der Waals surface area contributed by atoms with E-state index in [1.165, 1.54) is 0 Å². The molecule has 1 aliphatic heterocycles. The van der Waals surface area contributed by atoms with Gasteiger partial charge < -0.3 is 19.9 Å². The molecular weight excluding hydrogens is 236 g/mol. The molecule has 2 N–H and O–H groups in total. The topological polar surface area (TPSA) is 89.3 Å². The third kappa shape index (κ3) is 3.27. The zero-order valence-electron chi connectivity index (χ0n) is 10.6. The molecule has 1 fully saturated rings. The normalized spacial score (nSPS) is 23.2. The number of ether oxygens (including phenoxy) is 1. The fourth-order valence-electron chi connectivity index (χ4n) is 1.95. The van der Waals surface area contributed by atoms with E-state index in [2.05, 4.69) is 20.8 Å². The number of amides is 1. The standard InChI is InChI=1S/C11H18N4O3/c1-7-14-10(15-18-7)3-4-12-11(16)9-5-8(17-2)6-13-9/h8-9,13H,3-6H2,1-2H3,(H,12,16). The Morgan fingerprint density at radius 1 is 1.67 bits per heavy atom. The number of aromatic nitrogens is 2. The van der Waals surface area contributed by atoms with Gasteiger partial charge >= 0.3 is 0 Å². The molecule has 2 heterocycles. The molecule has 2 unspecified atom stereocenters. The minimum Gasteiger partial charge on any atom is -0.380 e. The maximum absolute atomic E-state index is 11.8. The molecule has 1 aromatic heterocycles. The zero-order chi connectivity index (χ0) is 13.0. The molecule has 0 aliphatic carbocycles. The van der Waals surface area contributed by atoms with E-state index in [0.717, 1.165) is 6.54 Å². The Morgan fingerprint density at radius 2 is 2.50 bits per heavy atom. The minimum atomic E-state index is -0.165. The van der Waals surface area contributed by atoms with Crippen molar-refractivity contribution in [3.63, 3.8) is 0 Å². The summed E-state index contributed by atoms with van der Waals surface area (Å²) >= 11 is 0. The van der Waals surface area contributed by atoms with E-state index < -0.39 is 0 Å². The summed E-state index contributed by atoms with van der Waals surface area (Å²) in [4.78, 5) is 15.9. The van der Waals surface area contributed by atoms with Crippen LogP contribution in [0.1, 0.15) is 18.1 Å². The number of aryl methyl sites for hydroxylation is 1. The summed E-state index contributed by atoms with van der Waals surface area (Å²) in [5.74, 6) is 1.15. The van der Waals surface area contributed by atoms with Crippen LogP contribution in [0.25, 0.3) is 0 Å².